The standard InChI is InChI=1S/C18H17F3N4O3/c19-18(20,21)13-2-1-3-14(9-13)23-17(27)24-15-8-12(10-22-11-15)16(26)25-4-6-28-7-5-25/h1-3,8-11H,4-7H2,(H2,23,24,27). The fraction of sp³-hybridized carbons (Fsp3) is 0.278. The Morgan fingerprint density at radius 1 is 1.04 bits per heavy atom. The van der Waals surface area contributed by atoms with Crippen LogP contribution in [0.25, 0.3) is 0 Å². The van der Waals surface area contributed by atoms with Gasteiger partial charge >= 0.3 is 12.2 Å². The molecule has 1 aliphatic rings. The van der Waals surface area contributed by atoms with Crippen LogP contribution in [-0.2, 0) is 10.9 Å². The Morgan fingerprint density at radius 3 is 2.46 bits per heavy atom. The molecule has 1 saturated heterocycles. The molecular weight excluding hydrogens is 377 g/mol. The third-order valence-corrected chi connectivity index (χ3v) is 3.99. The van der Waals surface area contributed by atoms with E-state index in [1.54, 1.807) is 4.90 Å². The number of pyridine rings is 1. The van der Waals surface area contributed by atoms with Gasteiger partial charge in [-0.15, -0.1) is 0 Å². The number of urea groups is 1. The molecule has 0 saturated carbocycles. The van der Waals surface area contributed by atoms with Crippen LogP contribution in [0.2, 0.25) is 0 Å². The van der Waals surface area contributed by atoms with Gasteiger partial charge in [0.15, 0.2) is 0 Å². The minimum absolute atomic E-state index is 0.0131. The molecule has 3 rings (SSSR count). The topological polar surface area (TPSA) is 83.6 Å². The van der Waals surface area contributed by atoms with Gasteiger partial charge in [0.1, 0.15) is 0 Å². The van der Waals surface area contributed by atoms with Crippen LogP contribution in [0.1, 0.15) is 15.9 Å². The van der Waals surface area contributed by atoms with Crippen molar-refractivity contribution in [3.63, 3.8) is 0 Å². The van der Waals surface area contributed by atoms with E-state index in [0.717, 1.165) is 12.1 Å². The third-order valence-electron chi connectivity index (χ3n) is 3.99. The summed E-state index contributed by atoms with van der Waals surface area (Å²) >= 11 is 0. The van der Waals surface area contributed by atoms with Gasteiger partial charge < -0.3 is 20.3 Å². The highest BCUT2D eigenvalue weighted by molar-refractivity contribution is 6.01. The number of carbonyl (C=O) groups is 2. The summed E-state index contributed by atoms with van der Waals surface area (Å²) in [5.41, 5.74) is -0.353. The summed E-state index contributed by atoms with van der Waals surface area (Å²) in [4.78, 5) is 30.1. The molecule has 1 aromatic carbocycles. The number of carbonyl (C=O) groups excluding carboxylic acids is 2. The minimum atomic E-state index is -4.51. The number of nitrogens with one attached hydrogen (secondary N) is 2. The first-order chi connectivity index (χ1) is 13.3. The maximum Gasteiger partial charge on any atom is 0.416 e. The quantitative estimate of drug-likeness (QED) is 0.837. The van der Waals surface area contributed by atoms with Crippen molar-refractivity contribution in [2.45, 2.75) is 6.18 Å². The fourth-order valence-corrected chi connectivity index (χ4v) is 2.64. The first kappa shape index (κ1) is 19.6. The Bertz CT molecular complexity index is 867. The summed E-state index contributed by atoms with van der Waals surface area (Å²) in [7, 11) is 0. The molecule has 1 fully saturated rings. The van der Waals surface area contributed by atoms with E-state index < -0.39 is 17.8 Å². The lowest BCUT2D eigenvalue weighted by Crippen LogP contribution is -2.40. The Hall–Kier alpha value is -3.14. The first-order valence-electron chi connectivity index (χ1n) is 8.40. The zero-order valence-electron chi connectivity index (χ0n) is 14.6. The van der Waals surface area contributed by atoms with E-state index in [1.807, 2.05) is 0 Å². The molecule has 0 atom stereocenters. The van der Waals surface area contributed by atoms with Crippen molar-refractivity contribution in [3.8, 4) is 0 Å². The molecule has 0 spiro atoms. The number of morpholine rings is 1. The van der Waals surface area contributed by atoms with Crippen molar-refractivity contribution in [1.29, 1.82) is 0 Å². The number of benzene rings is 1. The van der Waals surface area contributed by atoms with Gasteiger partial charge in [0, 0.05) is 25.0 Å². The maximum absolute atomic E-state index is 12.7. The number of alkyl halides is 3. The summed E-state index contributed by atoms with van der Waals surface area (Å²) < 4.78 is 43.4. The van der Waals surface area contributed by atoms with E-state index in [0.29, 0.717) is 31.9 Å². The van der Waals surface area contributed by atoms with Gasteiger partial charge in [-0.1, -0.05) is 6.07 Å². The zero-order chi connectivity index (χ0) is 20.1. The molecule has 0 unspecified atom stereocenters. The molecule has 28 heavy (non-hydrogen) atoms. The molecule has 0 bridgehead atoms. The van der Waals surface area contributed by atoms with Crippen molar-refractivity contribution in [3.05, 3.63) is 53.9 Å². The SMILES string of the molecule is O=C(Nc1cncc(C(=O)N2CCOCC2)c1)Nc1cccc(C(F)(F)F)c1. The predicted octanol–water partition coefficient (Wildman–Crippen LogP) is 3.22. The molecule has 1 aliphatic heterocycles. The van der Waals surface area contributed by atoms with E-state index in [2.05, 4.69) is 15.6 Å². The van der Waals surface area contributed by atoms with Crippen LogP contribution in [-0.4, -0.2) is 48.1 Å². The van der Waals surface area contributed by atoms with E-state index in [-0.39, 0.29) is 17.3 Å². The van der Waals surface area contributed by atoms with Gasteiger partial charge in [0.2, 0.25) is 0 Å². The molecule has 1 aromatic heterocycles. The van der Waals surface area contributed by atoms with Gasteiger partial charge in [0.05, 0.1) is 36.2 Å². The maximum atomic E-state index is 12.7. The van der Waals surface area contributed by atoms with Crippen LogP contribution >= 0.6 is 0 Å². The number of amides is 3. The molecular formula is C18H17F3N4O3. The average Bonchev–Trinajstić information content (AvgIpc) is 2.68. The lowest BCUT2D eigenvalue weighted by molar-refractivity contribution is -0.137. The second-order valence-corrected chi connectivity index (χ2v) is 6.02. The van der Waals surface area contributed by atoms with Crippen LogP contribution in [0.4, 0.5) is 29.3 Å². The highest BCUT2D eigenvalue weighted by atomic mass is 19.4. The number of nitrogens with zero attached hydrogens (tertiary/aromatic N) is 2. The van der Waals surface area contributed by atoms with Crippen LogP contribution in [0.3, 0.4) is 0 Å². The summed E-state index contributed by atoms with van der Waals surface area (Å²) in [5.74, 6) is -0.238. The number of rotatable bonds is 3. The van der Waals surface area contributed by atoms with E-state index >= 15 is 0 Å². The number of halogens is 3. The highest BCUT2D eigenvalue weighted by Gasteiger charge is 2.30. The Balaban J connectivity index is 1.65. The number of ether oxygens (including phenoxy) is 1. The van der Waals surface area contributed by atoms with Crippen molar-refractivity contribution in [2.75, 3.05) is 36.9 Å². The van der Waals surface area contributed by atoms with E-state index in [4.69, 9.17) is 4.74 Å². The molecule has 2 N–H and O–H groups in total. The van der Waals surface area contributed by atoms with E-state index in [9.17, 15) is 22.8 Å². The fourth-order valence-electron chi connectivity index (χ4n) is 2.64. The summed E-state index contributed by atoms with van der Waals surface area (Å²) in [6.45, 7) is 1.84. The largest absolute Gasteiger partial charge is 0.416 e. The summed E-state index contributed by atoms with van der Waals surface area (Å²) in [6, 6.07) is 4.98. The molecule has 3 amide bonds. The Labute approximate surface area is 158 Å². The van der Waals surface area contributed by atoms with Crippen LogP contribution < -0.4 is 10.6 Å². The molecule has 148 valence electrons. The third kappa shape index (κ3) is 4.97. The normalized spacial score (nSPS) is 14.5. The lowest BCUT2D eigenvalue weighted by atomic mass is 10.2. The van der Waals surface area contributed by atoms with Crippen LogP contribution in [0, 0.1) is 0 Å². The summed E-state index contributed by atoms with van der Waals surface area (Å²) in [6.07, 6.45) is -1.79. The Morgan fingerprint density at radius 2 is 1.75 bits per heavy atom. The van der Waals surface area contributed by atoms with Gasteiger partial charge in [-0.05, 0) is 24.3 Å². The second kappa shape index (κ2) is 8.26. The highest BCUT2D eigenvalue weighted by Crippen LogP contribution is 2.30. The van der Waals surface area contributed by atoms with Crippen LogP contribution in [0.5, 0.6) is 0 Å². The van der Waals surface area contributed by atoms with E-state index in [1.165, 1.54) is 30.6 Å². The minimum Gasteiger partial charge on any atom is -0.378 e. The number of aromatic nitrogens is 1. The van der Waals surface area contributed by atoms with Crippen LogP contribution in [0.15, 0.2) is 42.7 Å². The van der Waals surface area contributed by atoms with Crippen molar-refractivity contribution >= 4 is 23.3 Å². The average molecular weight is 394 g/mol. The van der Waals surface area contributed by atoms with Gasteiger partial charge in [0.25, 0.3) is 5.91 Å². The van der Waals surface area contributed by atoms with Gasteiger partial charge in [-0.25, -0.2) is 4.79 Å². The van der Waals surface area contributed by atoms with Crippen molar-refractivity contribution in [2.24, 2.45) is 0 Å². The molecule has 2 aromatic rings. The van der Waals surface area contributed by atoms with Gasteiger partial charge in [-0.3, -0.25) is 9.78 Å². The monoisotopic (exact) mass is 394 g/mol. The van der Waals surface area contributed by atoms with Crippen molar-refractivity contribution in [1.82, 2.24) is 9.88 Å². The number of anilines is 2. The molecule has 7 nitrogen and oxygen atoms in total. The molecule has 10 heteroatoms. The number of hydrogen-bond donors (Lipinski definition) is 2. The zero-order valence-corrected chi connectivity index (χ0v) is 14.6. The molecule has 0 radical (unpaired) electrons. The predicted molar refractivity (Wildman–Crippen MR) is 95.0 cm³/mol. The lowest BCUT2D eigenvalue weighted by Gasteiger charge is -2.26. The first-order valence-corrected chi connectivity index (χ1v) is 8.40. The Kier molecular flexibility index (Phi) is 5.78. The van der Waals surface area contributed by atoms with Gasteiger partial charge in [-0.2, -0.15) is 13.2 Å². The second-order valence-electron chi connectivity index (χ2n) is 6.02. The number of hydrogen-bond acceptors (Lipinski definition) is 4. The smallest absolute Gasteiger partial charge is 0.378 e. The molecule has 2 heterocycles. The molecule has 0 aliphatic carbocycles. The van der Waals surface area contributed by atoms with Crippen molar-refractivity contribution < 1.29 is 27.5 Å². The summed E-state index contributed by atoms with van der Waals surface area (Å²) in [5, 5.41) is 4.78.